The van der Waals surface area contributed by atoms with Gasteiger partial charge in [0.05, 0.1) is 17.1 Å². The van der Waals surface area contributed by atoms with E-state index in [0.29, 0.717) is 24.5 Å². The van der Waals surface area contributed by atoms with Gasteiger partial charge in [-0.05, 0) is 64.8 Å². The van der Waals surface area contributed by atoms with Gasteiger partial charge in [0.15, 0.2) is 0 Å². The van der Waals surface area contributed by atoms with Crippen molar-refractivity contribution in [2.45, 2.75) is 23.4 Å². The second kappa shape index (κ2) is 9.58. The Morgan fingerprint density at radius 2 is 1.66 bits per heavy atom. The number of hydrogen-bond acceptors (Lipinski definition) is 6. The average molecular weight is 513 g/mol. The van der Waals surface area contributed by atoms with Crippen molar-refractivity contribution in [1.82, 2.24) is 4.98 Å². The molecule has 0 saturated carbocycles. The van der Waals surface area contributed by atoms with Crippen LogP contribution in [0.1, 0.15) is 12.5 Å². The van der Waals surface area contributed by atoms with E-state index in [-0.39, 0.29) is 21.7 Å². The molecule has 32 heavy (non-hydrogen) atoms. The van der Waals surface area contributed by atoms with E-state index in [1.807, 2.05) is 61.5 Å². The van der Waals surface area contributed by atoms with Gasteiger partial charge in [-0.15, -0.1) is 0 Å². The fourth-order valence-electron chi connectivity index (χ4n) is 3.12. The Kier molecular flexibility index (Phi) is 6.62. The maximum absolute atomic E-state index is 13.4. The highest BCUT2D eigenvalue weighted by atomic mass is 79.9. The maximum atomic E-state index is 13.4. The van der Waals surface area contributed by atoms with Crippen molar-refractivity contribution in [3.05, 3.63) is 88.9 Å². The summed E-state index contributed by atoms with van der Waals surface area (Å²) < 4.78 is 39.0. The summed E-state index contributed by atoms with van der Waals surface area (Å²) in [6.07, 6.45) is 0. The van der Waals surface area contributed by atoms with Crippen LogP contribution >= 0.6 is 15.9 Å². The largest absolute Gasteiger partial charge is 0.494 e. The predicted molar refractivity (Wildman–Crippen MR) is 126 cm³/mol. The zero-order valence-electron chi connectivity index (χ0n) is 17.3. The van der Waals surface area contributed by atoms with Crippen molar-refractivity contribution < 1.29 is 17.6 Å². The predicted octanol–water partition coefficient (Wildman–Crippen LogP) is 5.95. The summed E-state index contributed by atoms with van der Waals surface area (Å²) in [5, 5.41) is 2.93. The Balaban J connectivity index is 1.75. The molecule has 4 rings (SSSR count). The van der Waals surface area contributed by atoms with Crippen LogP contribution in [0.25, 0.3) is 11.5 Å². The fourth-order valence-corrected chi connectivity index (χ4v) is 4.85. The first-order valence-electron chi connectivity index (χ1n) is 10.0. The van der Waals surface area contributed by atoms with Gasteiger partial charge < -0.3 is 14.5 Å². The van der Waals surface area contributed by atoms with Gasteiger partial charge in [-0.2, -0.15) is 4.98 Å². The molecule has 0 spiro atoms. The Hall–Kier alpha value is -3.10. The van der Waals surface area contributed by atoms with Crippen LogP contribution in [0.4, 0.5) is 5.88 Å². The van der Waals surface area contributed by atoms with Crippen LogP contribution in [0, 0.1) is 0 Å². The molecule has 1 heterocycles. The second-order valence-electron chi connectivity index (χ2n) is 6.88. The number of anilines is 1. The van der Waals surface area contributed by atoms with Gasteiger partial charge in [0, 0.05) is 11.0 Å². The molecule has 0 atom stereocenters. The Morgan fingerprint density at radius 1 is 0.969 bits per heavy atom. The number of hydrogen-bond donors (Lipinski definition) is 1. The van der Waals surface area contributed by atoms with Gasteiger partial charge in [0.1, 0.15) is 5.75 Å². The highest BCUT2D eigenvalue weighted by Gasteiger charge is 2.29. The van der Waals surface area contributed by atoms with Crippen LogP contribution in [0.2, 0.25) is 0 Å². The molecular formula is C24H21BrN2O4S. The summed E-state index contributed by atoms with van der Waals surface area (Å²) in [4.78, 5) is 4.49. The molecule has 0 aliphatic heterocycles. The minimum Gasteiger partial charge on any atom is -0.494 e. The van der Waals surface area contributed by atoms with Crippen LogP contribution in [-0.4, -0.2) is 20.0 Å². The van der Waals surface area contributed by atoms with Crippen molar-refractivity contribution >= 4 is 31.7 Å². The quantitative estimate of drug-likeness (QED) is 0.314. The van der Waals surface area contributed by atoms with E-state index in [2.05, 4.69) is 26.2 Å². The molecule has 164 valence electrons. The van der Waals surface area contributed by atoms with E-state index in [4.69, 9.17) is 9.15 Å². The molecule has 8 heteroatoms. The number of rotatable bonds is 8. The molecule has 6 nitrogen and oxygen atoms in total. The number of oxazole rings is 1. The summed E-state index contributed by atoms with van der Waals surface area (Å²) in [7, 11) is -3.94. The van der Waals surface area contributed by atoms with E-state index >= 15 is 0 Å². The number of benzene rings is 3. The molecule has 0 bridgehead atoms. The normalized spacial score (nSPS) is 11.3. The van der Waals surface area contributed by atoms with E-state index < -0.39 is 9.84 Å². The molecule has 0 radical (unpaired) electrons. The van der Waals surface area contributed by atoms with Gasteiger partial charge in [-0.25, -0.2) is 8.42 Å². The lowest BCUT2D eigenvalue weighted by molar-refractivity contribution is 0.340. The summed E-state index contributed by atoms with van der Waals surface area (Å²) >= 11 is 3.48. The number of sulfone groups is 1. The van der Waals surface area contributed by atoms with Crippen molar-refractivity contribution in [3.8, 4) is 17.2 Å². The first-order valence-corrected chi connectivity index (χ1v) is 12.3. The highest BCUT2D eigenvalue weighted by Crippen LogP contribution is 2.35. The lowest BCUT2D eigenvalue weighted by Crippen LogP contribution is -2.07. The lowest BCUT2D eigenvalue weighted by atomic mass is 10.2. The summed E-state index contributed by atoms with van der Waals surface area (Å²) in [5.41, 5.74) is 1.64. The van der Waals surface area contributed by atoms with Crippen LogP contribution in [0.3, 0.4) is 0 Å². The number of nitrogens with one attached hydrogen (secondary N) is 1. The Morgan fingerprint density at radius 3 is 2.34 bits per heavy atom. The van der Waals surface area contributed by atoms with Gasteiger partial charge >= 0.3 is 0 Å². The van der Waals surface area contributed by atoms with E-state index in [1.165, 1.54) is 12.1 Å². The Bertz CT molecular complexity index is 1300. The molecule has 3 aromatic carbocycles. The third-order valence-electron chi connectivity index (χ3n) is 4.70. The number of ether oxygens (including phenoxy) is 1. The number of aromatic nitrogens is 1. The van der Waals surface area contributed by atoms with E-state index in [9.17, 15) is 8.42 Å². The topological polar surface area (TPSA) is 81.4 Å². The van der Waals surface area contributed by atoms with Gasteiger partial charge in [-0.1, -0.05) is 42.5 Å². The lowest BCUT2D eigenvalue weighted by Gasteiger charge is -2.07. The minimum atomic E-state index is -3.94. The van der Waals surface area contributed by atoms with Crippen LogP contribution in [0.5, 0.6) is 5.75 Å². The van der Waals surface area contributed by atoms with E-state index in [1.54, 1.807) is 12.1 Å². The van der Waals surface area contributed by atoms with Crippen LogP contribution in [-0.2, 0) is 16.4 Å². The molecule has 1 aromatic heterocycles. The summed E-state index contributed by atoms with van der Waals surface area (Å²) in [5.74, 6) is 0.897. The average Bonchev–Trinajstić information content (AvgIpc) is 3.24. The summed E-state index contributed by atoms with van der Waals surface area (Å²) in [6.45, 7) is 2.75. The SMILES string of the molecule is CCOc1ccc(S(=O)(=O)c2nc(-c3ccccc3Br)oc2NCc2ccccc2)cc1. The fraction of sp³-hybridized carbons (Fsp3) is 0.125. The molecule has 0 aliphatic carbocycles. The third-order valence-corrected chi connectivity index (χ3v) is 7.07. The van der Waals surface area contributed by atoms with E-state index in [0.717, 1.165) is 10.0 Å². The molecule has 0 unspecified atom stereocenters. The van der Waals surface area contributed by atoms with Gasteiger partial charge in [0.2, 0.25) is 26.6 Å². The Labute approximate surface area is 195 Å². The molecule has 0 aliphatic rings. The smallest absolute Gasteiger partial charge is 0.234 e. The standard InChI is InChI=1S/C24H21BrN2O4S/c1-2-30-18-12-14-19(15-13-18)32(28,29)24-23(26-16-17-8-4-3-5-9-17)31-22(27-24)20-10-6-7-11-21(20)25/h3-15,26H,2,16H2,1H3. The van der Waals surface area contributed by atoms with Crippen molar-refractivity contribution in [2.75, 3.05) is 11.9 Å². The second-order valence-corrected chi connectivity index (χ2v) is 9.60. The minimum absolute atomic E-state index is 0.0912. The highest BCUT2D eigenvalue weighted by molar-refractivity contribution is 9.10. The first kappa shape index (κ1) is 22.1. The van der Waals surface area contributed by atoms with Gasteiger partial charge in [-0.3, -0.25) is 0 Å². The van der Waals surface area contributed by atoms with Crippen molar-refractivity contribution in [1.29, 1.82) is 0 Å². The van der Waals surface area contributed by atoms with Crippen molar-refractivity contribution in [2.24, 2.45) is 0 Å². The van der Waals surface area contributed by atoms with Crippen molar-refractivity contribution in [3.63, 3.8) is 0 Å². The number of halogens is 1. The zero-order valence-corrected chi connectivity index (χ0v) is 19.7. The molecular weight excluding hydrogens is 492 g/mol. The first-order chi connectivity index (χ1) is 15.5. The summed E-state index contributed by atoms with van der Waals surface area (Å²) in [6, 6.07) is 23.3. The molecule has 0 fully saturated rings. The zero-order chi connectivity index (χ0) is 22.6. The molecule has 0 saturated heterocycles. The monoisotopic (exact) mass is 512 g/mol. The molecule has 1 N–H and O–H groups in total. The maximum Gasteiger partial charge on any atom is 0.234 e. The van der Waals surface area contributed by atoms with Gasteiger partial charge in [0.25, 0.3) is 0 Å². The molecule has 4 aromatic rings. The third kappa shape index (κ3) is 4.71. The van der Waals surface area contributed by atoms with Crippen LogP contribution < -0.4 is 10.1 Å². The van der Waals surface area contributed by atoms with Crippen LogP contribution in [0.15, 0.2) is 97.7 Å². The molecule has 0 amide bonds. The number of nitrogens with zero attached hydrogens (tertiary/aromatic N) is 1.